The second-order valence-corrected chi connectivity index (χ2v) is 4.23. The van der Waals surface area contributed by atoms with E-state index in [1.807, 2.05) is 12.4 Å². The van der Waals surface area contributed by atoms with Crippen molar-refractivity contribution in [3.05, 3.63) is 18.2 Å². The van der Waals surface area contributed by atoms with Crippen molar-refractivity contribution in [2.24, 2.45) is 5.92 Å². The number of esters is 1. The molecular formula is C12H18N2O2. The average Bonchev–Trinajstić information content (AvgIpc) is 2.86. The molecule has 0 N–H and O–H groups in total. The lowest BCUT2D eigenvalue weighted by Gasteiger charge is -2.09. The first-order valence-corrected chi connectivity index (χ1v) is 5.98. The van der Waals surface area contributed by atoms with Crippen LogP contribution in [0.4, 0.5) is 0 Å². The highest BCUT2D eigenvalue weighted by Gasteiger charge is 2.25. The van der Waals surface area contributed by atoms with Crippen molar-refractivity contribution < 1.29 is 9.53 Å². The fraction of sp³-hybridized carbons (Fsp3) is 0.667. The van der Waals surface area contributed by atoms with Crippen molar-refractivity contribution in [2.75, 3.05) is 6.61 Å². The summed E-state index contributed by atoms with van der Waals surface area (Å²) >= 11 is 0. The number of aromatic nitrogens is 2. The molecule has 0 spiro atoms. The Morgan fingerprint density at radius 1 is 1.62 bits per heavy atom. The van der Waals surface area contributed by atoms with Gasteiger partial charge in [-0.3, -0.25) is 4.79 Å². The van der Waals surface area contributed by atoms with Crippen LogP contribution in [-0.2, 0) is 22.5 Å². The number of hydrogen-bond acceptors (Lipinski definition) is 3. The van der Waals surface area contributed by atoms with E-state index in [2.05, 4.69) is 16.5 Å². The fourth-order valence-electron chi connectivity index (χ4n) is 2.09. The third-order valence-corrected chi connectivity index (χ3v) is 3.04. The van der Waals surface area contributed by atoms with Gasteiger partial charge in [0.2, 0.25) is 0 Å². The van der Waals surface area contributed by atoms with Crippen molar-refractivity contribution in [1.29, 1.82) is 0 Å². The van der Waals surface area contributed by atoms with Crippen LogP contribution in [0.3, 0.4) is 0 Å². The molecule has 0 radical (unpaired) electrons. The molecule has 1 unspecified atom stereocenters. The molecular weight excluding hydrogens is 204 g/mol. The van der Waals surface area contributed by atoms with Crippen LogP contribution in [-0.4, -0.2) is 22.1 Å². The van der Waals surface area contributed by atoms with E-state index in [4.69, 9.17) is 4.74 Å². The first kappa shape index (κ1) is 11.2. The predicted octanol–water partition coefficient (Wildman–Crippen LogP) is 1.79. The van der Waals surface area contributed by atoms with Crippen molar-refractivity contribution in [2.45, 2.75) is 39.2 Å². The monoisotopic (exact) mass is 222 g/mol. The number of imidazole rings is 1. The Bertz CT molecular complexity index is 360. The summed E-state index contributed by atoms with van der Waals surface area (Å²) in [5.74, 6) is 1.18. The van der Waals surface area contributed by atoms with E-state index >= 15 is 0 Å². The lowest BCUT2D eigenvalue weighted by atomic mass is 10.0. The van der Waals surface area contributed by atoms with Gasteiger partial charge in [0.1, 0.15) is 5.82 Å². The summed E-state index contributed by atoms with van der Waals surface area (Å²) in [6.07, 6.45) is 7.66. The van der Waals surface area contributed by atoms with E-state index in [9.17, 15) is 4.79 Å². The van der Waals surface area contributed by atoms with E-state index in [0.29, 0.717) is 6.61 Å². The number of ether oxygens (including phenoxy) is 1. The molecule has 0 saturated carbocycles. The second kappa shape index (κ2) is 5.14. The second-order valence-electron chi connectivity index (χ2n) is 4.23. The highest BCUT2D eigenvalue weighted by molar-refractivity contribution is 5.73. The van der Waals surface area contributed by atoms with E-state index in [0.717, 1.165) is 38.1 Å². The zero-order valence-corrected chi connectivity index (χ0v) is 9.69. The molecule has 1 aromatic rings. The molecule has 1 aromatic heterocycles. The zero-order chi connectivity index (χ0) is 11.4. The molecule has 1 aliphatic rings. The van der Waals surface area contributed by atoms with Crippen molar-refractivity contribution >= 4 is 5.97 Å². The fourth-order valence-corrected chi connectivity index (χ4v) is 2.09. The van der Waals surface area contributed by atoms with Gasteiger partial charge in [-0.1, -0.05) is 6.92 Å². The Morgan fingerprint density at radius 2 is 2.50 bits per heavy atom. The normalized spacial score (nSPS) is 20.1. The molecule has 16 heavy (non-hydrogen) atoms. The minimum Gasteiger partial charge on any atom is -0.465 e. The minimum absolute atomic E-state index is 0.0304. The van der Waals surface area contributed by atoms with Crippen molar-refractivity contribution in [3.8, 4) is 0 Å². The molecule has 4 heteroatoms. The molecule has 0 amide bonds. The predicted molar refractivity (Wildman–Crippen MR) is 59.9 cm³/mol. The summed E-state index contributed by atoms with van der Waals surface area (Å²) in [4.78, 5) is 15.6. The number of nitrogens with zero attached hydrogens (tertiary/aromatic N) is 2. The van der Waals surface area contributed by atoms with Gasteiger partial charge in [-0.2, -0.15) is 0 Å². The summed E-state index contributed by atoms with van der Waals surface area (Å²) < 4.78 is 7.10. The molecule has 1 fully saturated rings. The van der Waals surface area contributed by atoms with Crippen LogP contribution >= 0.6 is 0 Å². The lowest BCUT2D eigenvalue weighted by Crippen LogP contribution is -2.12. The number of cyclic esters (lactones) is 1. The van der Waals surface area contributed by atoms with E-state index in [1.165, 1.54) is 0 Å². The molecule has 1 atom stereocenters. The number of carbonyl (C=O) groups is 1. The molecule has 2 rings (SSSR count). The van der Waals surface area contributed by atoms with Gasteiger partial charge in [-0.15, -0.1) is 0 Å². The highest BCUT2D eigenvalue weighted by Crippen LogP contribution is 2.19. The number of hydrogen-bond donors (Lipinski definition) is 0. The standard InChI is InChI=1S/C12H18N2O2/c1-2-3-11-13-6-8-14(11)7-4-10-5-9-16-12(10)15/h6,8,10H,2-5,7,9H2,1H3. The first-order valence-electron chi connectivity index (χ1n) is 5.98. The third-order valence-electron chi connectivity index (χ3n) is 3.04. The van der Waals surface area contributed by atoms with Crippen LogP contribution in [0.1, 0.15) is 32.0 Å². The minimum atomic E-state index is -0.0304. The Balaban J connectivity index is 1.88. The smallest absolute Gasteiger partial charge is 0.309 e. The van der Waals surface area contributed by atoms with Gasteiger partial charge in [0.05, 0.1) is 12.5 Å². The Morgan fingerprint density at radius 3 is 3.19 bits per heavy atom. The first-order chi connectivity index (χ1) is 7.81. The maximum Gasteiger partial charge on any atom is 0.309 e. The van der Waals surface area contributed by atoms with Gasteiger partial charge < -0.3 is 9.30 Å². The van der Waals surface area contributed by atoms with Gasteiger partial charge >= 0.3 is 5.97 Å². The summed E-state index contributed by atoms with van der Waals surface area (Å²) in [6, 6.07) is 0. The zero-order valence-electron chi connectivity index (χ0n) is 9.69. The molecule has 88 valence electrons. The third kappa shape index (κ3) is 2.43. The van der Waals surface area contributed by atoms with Gasteiger partial charge in [-0.25, -0.2) is 4.98 Å². The SMILES string of the molecule is CCCc1nccn1CCC1CCOC1=O. The quantitative estimate of drug-likeness (QED) is 0.713. The van der Waals surface area contributed by atoms with Gasteiger partial charge in [-0.05, 0) is 19.3 Å². The number of rotatable bonds is 5. The van der Waals surface area contributed by atoms with Crippen LogP contribution < -0.4 is 0 Å². The Labute approximate surface area is 95.6 Å². The van der Waals surface area contributed by atoms with E-state index < -0.39 is 0 Å². The Kier molecular flexibility index (Phi) is 3.59. The molecule has 0 bridgehead atoms. The van der Waals surface area contributed by atoms with Gasteiger partial charge in [0, 0.05) is 25.4 Å². The number of aryl methyl sites for hydroxylation is 2. The summed E-state index contributed by atoms with van der Waals surface area (Å²) in [5.41, 5.74) is 0. The molecule has 0 aromatic carbocycles. The molecule has 0 aliphatic carbocycles. The maximum atomic E-state index is 11.3. The lowest BCUT2D eigenvalue weighted by molar-refractivity contribution is -0.141. The maximum absolute atomic E-state index is 11.3. The number of carbonyl (C=O) groups excluding carboxylic acids is 1. The molecule has 1 aliphatic heterocycles. The topological polar surface area (TPSA) is 44.1 Å². The van der Waals surface area contributed by atoms with Crippen LogP contribution in [0.2, 0.25) is 0 Å². The van der Waals surface area contributed by atoms with E-state index in [-0.39, 0.29) is 11.9 Å². The van der Waals surface area contributed by atoms with Crippen LogP contribution in [0.25, 0.3) is 0 Å². The van der Waals surface area contributed by atoms with Crippen LogP contribution in [0.5, 0.6) is 0 Å². The van der Waals surface area contributed by atoms with Crippen LogP contribution in [0.15, 0.2) is 12.4 Å². The molecule has 1 saturated heterocycles. The van der Waals surface area contributed by atoms with Gasteiger partial charge in [0.25, 0.3) is 0 Å². The summed E-state index contributed by atoms with van der Waals surface area (Å²) in [5, 5.41) is 0. The van der Waals surface area contributed by atoms with E-state index in [1.54, 1.807) is 0 Å². The summed E-state index contributed by atoms with van der Waals surface area (Å²) in [7, 11) is 0. The highest BCUT2D eigenvalue weighted by atomic mass is 16.5. The average molecular weight is 222 g/mol. The van der Waals surface area contributed by atoms with Crippen LogP contribution in [0, 0.1) is 5.92 Å². The Hall–Kier alpha value is -1.32. The largest absolute Gasteiger partial charge is 0.465 e. The van der Waals surface area contributed by atoms with Crippen molar-refractivity contribution in [1.82, 2.24) is 9.55 Å². The molecule has 4 nitrogen and oxygen atoms in total. The van der Waals surface area contributed by atoms with Gasteiger partial charge in [0.15, 0.2) is 0 Å². The molecule has 2 heterocycles. The summed E-state index contributed by atoms with van der Waals surface area (Å²) in [6.45, 7) is 3.61. The van der Waals surface area contributed by atoms with Crippen molar-refractivity contribution in [3.63, 3.8) is 0 Å².